The van der Waals surface area contributed by atoms with Gasteiger partial charge >= 0.3 is 0 Å². The van der Waals surface area contributed by atoms with Crippen LogP contribution in [0.25, 0.3) is 0 Å². The summed E-state index contributed by atoms with van der Waals surface area (Å²) in [5, 5.41) is 3.59. The van der Waals surface area contributed by atoms with Gasteiger partial charge in [-0.3, -0.25) is 0 Å². The molecule has 0 aliphatic rings. The van der Waals surface area contributed by atoms with Gasteiger partial charge in [-0.2, -0.15) is 12.8 Å². The van der Waals surface area contributed by atoms with E-state index in [-0.39, 0.29) is 4.21 Å². The largest absolute Gasteiger partial charge is 0.291 e. The fourth-order valence-electron chi connectivity index (χ4n) is 0.948. The Kier molecular flexibility index (Phi) is 2.99. The van der Waals surface area contributed by atoms with Crippen molar-refractivity contribution in [1.29, 1.82) is 0 Å². The number of hydrogen-bond donors (Lipinski definition) is 0. The molecule has 0 saturated carbocycles. The molecule has 0 unspecified atom stereocenters. The van der Waals surface area contributed by atoms with Crippen molar-refractivity contribution in [3.63, 3.8) is 0 Å². The van der Waals surface area contributed by atoms with E-state index >= 15 is 0 Å². The first-order chi connectivity index (χ1) is 7.18. The van der Waals surface area contributed by atoms with E-state index < -0.39 is 10.0 Å². The molecule has 0 atom stereocenters. The van der Waals surface area contributed by atoms with Crippen LogP contribution in [0.15, 0.2) is 43.6 Å². The Balaban J connectivity index is 2.26. The van der Waals surface area contributed by atoms with Crippen molar-refractivity contribution in [2.24, 2.45) is 4.40 Å². The van der Waals surface area contributed by atoms with Gasteiger partial charge < -0.3 is 0 Å². The molecule has 0 fully saturated rings. The molecule has 2 rings (SSSR count). The maximum Gasteiger partial charge on any atom is 0.291 e. The van der Waals surface area contributed by atoms with Gasteiger partial charge in [-0.15, -0.1) is 22.7 Å². The van der Waals surface area contributed by atoms with Crippen LogP contribution < -0.4 is 0 Å². The molecule has 15 heavy (non-hydrogen) atoms. The zero-order chi connectivity index (χ0) is 10.7. The van der Waals surface area contributed by atoms with Crippen molar-refractivity contribution in [2.45, 2.75) is 4.21 Å². The summed E-state index contributed by atoms with van der Waals surface area (Å²) in [4.78, 5) is 0.829. The van der Waals surface area contributed by atoms with E-state index in [9.17, 15) is 8.42 Å². The number of rotatable bonds is 3. The van der Waals surface area contributed by atoms with Gasteiger partial charge in [0, 0.05) is 4.88 Å². The van der Waals surface area contributed by atoms with E-state index in [1.807, 2.05) is 17.5 Å². The average molecular weight is 257 g/mol. The minimum atomic E-state index is -3.50. The van der Waals surface area contributed by atoms with Crippen LogP contribution in [0.1, 0.15) is 4.88 Å². The lowest BCUT2D eigenvalue weighted by atomic mass is 10.5. The highest BCUT2D eigenvalue weighted by atomic mass is 32.2. The molecule has 0 bridgehead atoms. The molecule has 0 aromatic carbocycles. The van der Waals surface area contributed by atoms with Crippen LogP contribution in [0.4, 0.5) is 0 Å². The highest BCUT2D eigenvalue weighted by Gasteiger charge is 2.11. The molecule has 0 radical (unpaired) electrons. The monoisotopic (exact) mass is 257 g/mol. The summed E-state index contributed by atoms with van der Waals surface area (Å²) in [5.41, 5.74) is 0. The third kappa shape index (κ3) is 2.53. The van der Waals surface area contributed by atoms with E-state index in [1.165, 1.54) is 28.9 Å². The van der Waals surface area contributed by atoms with Crippen molar-refractivity contribution in [1.82, 2.24) is 0 Å². The minimum absolute atomic E-state index is 0.273. The first-order valence-corrected chi connectivity index (χ1v) is 7.26. The normalized spacial score (nSPS) is 12.3. The Bertz CT molecular complexity index is 538. The van der Waals surface area contributed by atoms with Crippen LogP contribution >= 0.6 is 22.7 Å². The van der Waals surface area contributed by atoms with Gasteiger partial charge in [0.05, 0.1) is 6.21 Å². The molecule has 78 valence electrons. The number of sulfonamides is 1. The highest BCUT2D eigenvalue weighted by Crippen LogP contribution is 2.18. The summed E-state index contributed by atoms with van der Waals surface area (Å²) in [6.45, 7) is 0. The van der Waals surface area contributed by atoms with Crippen molar-refractivity contribution in [2.75, 3.05) is 0 Å². The van der Waals surface area contributed by atoms with E-state index in [4.69, 9.17) is 0 Å². The first-order valence-electron chi connectivity index (χ1n) is 4.06. The molecule has 2 heterocycles. The third-order valence-corrected chi connectivity index (χ3v) is 5.03. The van der Waals surface area contributed by atoms with E-state index in [1.54, 1.807) is 17.5 Å². The standard InChI is InChI=1S/C9H7NO2S3/c11-15(12,9-4-2-6-14-9)10-7-8-3-1-5-13-8/h1-7H/b10-7-. The Morgan fingerprint density at radius 3 is 2.47 bits per heavy atom. The first kappa shape index (κ1) is 10.5. The minimum Gasteiger partial charge on any atom is -0.198 e. The summed E-state index contributed by atoms with van der Waals surface area (Å²) in [6.07, 6.45) is 1.37. The van der Waals surface area contributed by atoms with Crippen molar-refractivity contribution < 1.29 is 8.42 Å². The van der Waals surface area contributed by atoms with Crippen LogP contribution in [-0.2, 0) is 10.0 Å². The maximum absolute atomic E-state index is 11.6. The fraction of sp³-hybridized carbons (Fsp3) is 0. The lowest BCUT2D eigenvalue weighted by molar-refractivity contribution is 0.600. The Labute approximate surface area is 95.8 Å². The van der Waals surface area contributed by atoms with Crippen molar-refractivity contribution >= 4 is 38.9 Å². The quantitative estimate of drug-likeness (QED) is 0.793. The zero-order valence-electron chi connectivity index (χ0n) is 7.53. The molecule has 2 aromatic rings. The van der Waals surface area contributed by atoms with Crippen LogP contribution in [0.2, 0.25) is 0 Å². The fourth-order valence-corrected chi connectivity index (χ4v) is 3.44. The molecule has 0 amide bonds. The van der Waals surface area contributed by atoms with Gasteiger partial charge in [-0.1, -0.05) is 12.1 Å². The van der Waals surface area contributed by atoms with Crippen molar-refractivity contribution in [3.05, 3.63) is 39.9 Å². The van der Waals surface area contributed by atoms with Gasteiger partial charge in [0.15, 0.2) is 0 Å². The van der Waals surface area contributed by atoms with Gasteiger partial charge in [0.25, 0.3) is 10.0 Å². The second-order valence-electron chi connectivity index (χ2n) is 2.66. The summed E-state index contributed by atoms with van der Waals surface area (Å²) in [6, 6.07) is 6.91. The Hall–Kier alpha value is -0.980. The molecular weight excluding hydrogens is 250 g/mol. The molecule has 6 heteroatoms. The van der Waals surface area contributed by atoms with Gasteiger partial charge in [-0.25, -0.2) is 0 Å². The van der Waals surface area contributed by atoms with Crippen LogP contribution in [-0.4, -0.2) is 14.6 Å². The van der Waals surface area contributed by atoms with Crippen LogP contribution in [0.5, 0.6) is 0 Å². The number of thiophene rings is 2. The predicted molar refractivity (Wildman–Crippen MR) is 63.4 cm³/mol. The maximum atomic E-state index is 11.6. The second-order valence-corrected chi connectivity index (χ2v) is 6.44. The molecule has 2 aromatic heterocycles. The lowest BCUT2D eigenvalue weighted by Gasteiger charge is -1.91. The summed E-state index contributed by atoms with van der Waals surface area (Å²) in [7, 11) is -3.50. The molecule has 0 aliphatic heterocycles. The predicted octanol–water partition coefficient (Wildman–Crippen LogP) is 2.62. The van der Waals surface area contributed by atoms with Crippen molar-refractivity contribution in [3.8, 4) is 0 Å². The molecule has 0 N–H and O–H groups in total. The Morgan fingerprint density at radius 2 is 1.87 bits per heavy atom. The smallest absolute Gasteiger partial charge is 0.198 e. The SMILES string of the molecule is O=S(=O)(/N=C\c1cccs1)c1cccs1. The molecule has 3 nitrogen and oxygen atoms in total. The highest BCUT2D eigenvalue weighted by molar-refractivity contribution is 7.92. The number of hydrogen-bond acceptors (Lipinski definition) is 4. The zero-order valence-corrected chi connectivity index (χ0v) is 9.98. The summed E-state index contributed by atoms with van der Waals surface area (Å²) >= 11 is 2.62. The molecular formula is C9H7NO2S3. The van der Waals surface area contributed by atoms with E-state index in [0.717, 1.165) is 4.88 Å². The summed E-state index contributed by atoms with van der Waals surface area (Å²) in [5.74, 6) is 0. The molecule has 0 aliphatic carbocycles. The summed E-state index contributed by atoms with van der Waals surface area (Å²) < 4.78 is 27.1. The van der Waals surface area contributed by atoms with Gasteiger partial charge in [0.1, 0.15) is 4.21 Å². The van der Waals surface area contributed by atoms with E-state index in [2.05, 4.69) is 4.40 Å². The Morgan fingerprint density at radius 1 is 1.13 bits per heavy atom. The van der Waals surface area contributed by atoms with Gasteiger partial charge in [-0.05, 0) is 22.9 Å². The molecule has 0 spiro atoms. The van der Waals surface area contributed by atoms with Gasteiger partial charge in [0.2, 0.25) is 0 Å². The van der Waals surface area contributed by atoms with Crippen LogP contribution in [0, 0.1) is 0 Å². The third-order valence-electron chi connectivity index (χ3n) is 1.61. The average Bonchev–Trinajstić information content (AvgIpc) is 2.88. The topological polar surface area (TPSA) is 46.5 Å². The van der Waals surface area contributed by atoms with E-state index in [0.29, 0.717) is 0 Å². The second kappa shape index (κ2) is 4.26. The lowest BCUT2D eigenvalue weighted by Crippen LogP contribution is -1.93. The number of nitrogens with zero attached hydrogens (tertiary/aromatic N) is 1. The van der Waals surface area contributed by atoms with Crippen LogP contribution in [0.3, 0.4) is 0 Å². The molecule has 0 saturated heterocycles.